The van der Waals surface area contributed by atoms with Crippen molar-refractivity contribution in [3.05, 3.63) is 0 Å². The lowest BCUT2D eigenvalue weighted by Crippen LogP contribution is -2.17. The number of carbonyl (C=O) groups excluding carboxylic acids is 1. The van der Waals surface area contributed by atoms with Crippen LogP contribution in [0.15, 0.2) is 0 Å². The van der Waals surface area contributed by atoms with Crippen molar-refractivity contribution in [3.8, 4) is 0 Å². The number of ether oxygens (including phenoxy) is 5. The molecule has 114 valence electrons. The molecule has 0 aliphatic rings. The summed E-state index contributed by atoms with van der Waals surface area (Å²) in [5.74, 6) is 0. The van der Waals surface area contributed by atoms with Crippen molar-refractivity contribution in [2.75, 3.05) is 64.8 Å². The summed E-state index contributed by atoms with van der Waals surface area (Å²) in [4.78, 5) is 10.2. The summed E-state index contributed by atoms with van der Waals surface area (Å²) in [6, 6.07) is 0. The van der Waals surface area contributed by atoms with Crippen LogP contribution in [0.4, 0.5) is 4.79 Å². The highest BCUT2D eigenvalue weighted by molar-refractivity contribution is 9.09. The van der Waals surface area contributed by atoms with E-state index in [4.69, 9.17) is 24.7 Å². The standard InChI is InChI=1S/C11H22BrNO6/c12-1-2-15-3-4-16-5-6-17-7-8-18-9-10-19-11(13)14/h1-10H2,(H2,13,14). The summed E-state index contributed by atoms with van der Waals surface area (Å²) in [6.45, 7) is 4.28. The van der Waals surface area contributed by atoms with Crippen LogP contribution in [0.25, 0.3) is 0 Å². The number of alkyl halides is 1. The lowest BCUT2D eigenvalue weighted by Gasteiger charge is -2.07. The highest BCUT2D eigenvalue weighted by Gasteiger charge is 1.94. The first-order valence-corrected chi connectivity index (χ1v) is 7.18. The zero-order valence-corrected chi connectivity index (χ0v) is 12.6. The molecule has 0 atom stereocenters. The molecule has 0 aromatic carbocycles. The van der Waals surface area contributed by atoms with Crippen LogP contribution in [0, 0.1) is 0 Å². The molecule has 1 amide bonds. The summed E-state index contributed by atoms with van der Waals surface area (Å²) in [5.41, 5.74) is 4.77. The molecule has 0 heterocycles. The second kappa shape index (κ2) is 15.6. The molecule has 2 N–H and O–H groups in total. The molecule has 0 unspecified atom stereocenters. The molecule has 7 nitrogen and oxygen atoms in total. The number of nitrogens with two attached hydrogens (primary N) is 1. The van der Waals surface area contributed by atoms with Crippen LogP contribution in [0.1, 0.15) is 0 Å². The predicted octanol–water partition coefficient (Wildman–Crippen LogP) is 0.543. The van der Waals surface area contributed by atoms with E-state index in [-0.39, 0.29) is 6.61 Å². The average molecular weight is 344 g/mol. The molecule has 0 spiro atoms. The van der Waals surface area contributed by atoms with E-state index in [1.165, 1.54) is 0 Å². The number of hydrogen-bond donors (Lipinski definition) is 1. The van der Waals surface area contributed by atoms with Gasteiger partial charge in [-0.1, -0.05) is 15.9 Å². The van der Waals surface area contributed by atoms with Crippen molar-refractivity contribution < 1.29 is 28.5 Å². The Kier molecular flexibility index (Phi) is 15.3. The molecule has 0 aliphatic heterocycles. The second-order valence-corrected chi connectivity index (χ2v) is 4.10. The maximum Gasteiger partial charge on any atom is 0.404 e. The fourth-order valence-electron chi connectivity index (χ4n) is 1.02. The van der Waals surface area contributed by atoms with Gasteiger partial charge in [0.1, 0.15) is 6.61 Å². The predicted molar refractivity (Wildman–Crippen MR) is 72.6 cm³/mol. The fourth-order valence-corrected chi connectivity index (χ4v) is 1.25. The molecule has 0 rings (SSSR count). The zero-order chi connectivity index (χ0) is 14.2. The Hall–Kier alpha value is -0.410. The molecule has 8 heteroatoms. The van der Waals surface area contributed by atoms with E-state index < -0.39 is 6.09 Å². The van der Waals surface area contributed by atoms with Gasteiger partial charge in [-0.2, -0.15) is 0 Å². The Morgan fingerprint density at radius 1 is 0.737 bits per heavy atom. The smallest absolute Gasteiger partial charge is 0.404 e. The number of amides is 1. The Morgan fingerprint density at radius 3 is 1.47 bits per heavy atom. The third kappa shape index (κ3) is 17.6. The third-order valence-electron chi connectivity index (χ3n) is 1.81. The van der Waals surface area contributed by atoms with Gasteiger partial charge in [-0.05, 0) is 0 Å². The van der Waals surface area contributed by atoms with Crippen LogP contribution in [-0.4, -0.2) is 70.9 Å². The molecule has 0 radical (unpaired) electrons. The SMILES string of the molecule is NC(=O)OCCOCCOCCOCCOCCBr. The minimum Gasteiger partial charge on any atom is -0.447 e. The second-order valence-electron chi connectivity index (χ2n) is 3.31. The van der Waals surface area contributed by atoms with E-state index in [0.29, 0.717) is 52.9 Å². The van der Waals surface area contributed by atoms with Gasteiger partial charge >= 0.3 is 6.09 Å². The number of carbonyl (C=O) groups is 1. The van der Waals surface area contributed by atoms with Gasteiger partial charge in [-0.3, -0.25) is 0 Å². The van der Waals surface area contributed by atoms with Gasteiger partial charge in [0.15, 0.2) is 0 Å². The molecule has 0 bridgehead atoms. The van der Waals surface area contributed by atoms with Gasteiger partial charge in [0.2, 0.25) is 0 Å². The summed E-state index contributed by atoms with van der Waals surface area (Å²) < 4.78 is 25.4. The Bertz CT molecular complexity index is 208. The zero-order valence-electron chi connectivity index (χ0n) is 11.0. The maximum atomic E-state index is 10.2. The van der Waals surface area contributed by atoms with Crippen LogP contribution in [0.5, 0.6) is 0 Å². The van der Waals surface area contributed by atoms with E-state index in [1.54, 1.807) is 0 Å². The Morgan fingerprint density at radius 2 is 1.11 bits per heavy atom. The van der Waals surface area contributed by atoms with E-state index in [1.807, 2.05) is 0 Å². The summed E-state index contributed by atoms with van der Waals surface area (Å²) >= 11 is 3.26. The van der Waals surface area contributed by atoms with Gasteiger partial charge in [0, 0.05) is 5.33 Å². The van der Waals surface area contributed by atoms with Crippen molar-refractivity contribution in [1.29, 1.82) is 0 Å². The average Bonchev–Trinajstić information content (AvgIpc) is 2.39. The summed E-state index contributed by atoms with van der Waals surface area (Å²) in [6.07, 6.45) is -0.794. The van der Waals surface area contributed by atoms with Crippen molar-refractivity contribution in [1.82, 2.24) is 0 Å². The number of primary amides is 1. The number of halogens is 1. The van der Waals surface area contributed by atoms with Gasteiger partial charge in [0.25, 0.3) is 0 Å². The minimum absolute atomic E-state index is 0.160. The maximum absolute atomic E-state index is 10.2. The minimum atomic E-state index is -0.794. The summed E-state index contributed by atoms with van der Waals surface area (Å²) in [7, 11) is 0. The van der Waals surface area contributed by atoms with Crippen molar-refractivity contribution >= 4 is 22.0 Å². The quantitative estimate of drug-likeness (QED) is 0.366. The first kappa shape index (κ1) is 18.6. The molecule has 19 heavy (non-hydrogen) atoms. The van der Waals surface area contributed by atoms with Crippen LogP contribution < -0.4 is 5.73 Å². The number of rotatable bonds is 14. The number of hydrogen-bond acceptors (Lipinski definition) is 6. The van der Waals surface area contributed by atoms with E-state index in [0.717, 1.165) is 5.33 Å². The fraction of sp³-hybridized carbons (Fsp3) is 0.909. The Balaban J connectivity index is 2.93. The molecule has 0 aromatic heterocycles. The van der Waals surface area contributed by atoms with Crippen LogP contribution in [-0.2, 0) is 23.7 Å². The first-order chi connectivity index (χ1) is 9.27. The van der Waals surface area contributed by atoms with Gasteiger partial charge in [-0.25, -0.2) is 4.79 Å². The van der Waals surface area contributed by atoms with E-state index in [2.05, 4.69) is 20.7 Å². The van der Waals surface area contributed by atoms with Crippen LogP contribution in [0.3, 0.4) is 0 Å². The third-order valence-corrected chi connectivity index (χ3v) is 2.13. The largest absolute Gasteiger partial charge is 0.447 e. The van der Waals surface area contributed by atoms with Crippen LogP contribution >= 0.6 is 15.9 Å². The van der Waals surface area contributed by atoms with Crippen molar-refractivity contribution in [2.45, 2.75) is 0 Å². The monoisotopic (exact) mass is 343 g/mol. The first-order valence-electron chi connectivity index (χ1n) is 6.06. The van der Waals surface area contributed by atoms with Gasteiger partial charge < -0.3 is 29.4 Å². The highest BCUT2D eigenvalue weighted by atomic mass is 79.9. The molecule has 0 saturated carbocycles. The van der Waals surface area contributed by atoms with E-state index in [9.17, 15) is 4.79 Å². The topological polar surface area (TPSA) is 89.2 Å². The lowest BCUT2D eigenvalue weighted by atomic mass is 10.7. The van der Waals surface area contributed by atoms with Crippen LogP contribution in [0.2, 0.25) is 0 Å². The molecule has 0 aliphatic carbocycles. The normalized spacial score (nSPS) is 10.6. The molecular formula is C11H22BrNO6. The van der Waals surface area contributed by atoms with E-state index >= 15 is 0 Å². The Labute approximate surface area is 121 Å². The van der Waals surface area contributed by atoms with Crippen molar-refractivity contribution in [3.63, 3.8) is 0 Å². The molecule has 0 saturated heterocycles. The molecule has 0 fully saturated rings. The lowest BCUT2D eigenvalue weighted by molar-refractivity contribution is -0.00492. The summed E-state index contributed by atoms with van der Waals surface area (Å²) in [5, 5.41) is 0.834. The van der Waals surface area contributed by atoms with Gasteiger partial charge in [0.05, 0.1) is 52.9 Å². The van der Waals surface area contributed by atoms with Crippen molar-refractivity contribution in [2.24, 2.45) is 5.73 Å². The highest BCUT2D eigenvalue weighted by Crippen LogP contribution is 1.85. The molecular weight excluding hydrogens is 322 g/mol. The molecule has 0 aromatic rings. The van der Waals surface area contributed by atoms with Gasteiger partial charge in [-0.15, -0.1) is 0 Å².